The van der Waals surface area contributed by atoms with Gasteiger partial charge in [0.1, 0.15) is 17.6 Å². The Hall–Kier alpha value is -2.93. The lowest BCUT2D eigenvalue weighted by atomic mass is 9.97. The molecule has 7 heteroatoms. The van der Waals surface area contributed by atoms with Crippen molar-refractivity contribution in [1.29, 1.82) is 0 Å². The van der Waals surface area contributed by atoms with Crippen LogP contribution in [-0.2, 0) is 22.4 Å². The van der Waals surface area contributed by atoms with Gasteiger partial charge in [0.25, 0.3) is 0 Å². The summed E-state index contributed by atoms with van der Waals surface area (Å²) in [5.41, 5.74) is 6.01. The molecule has 0 aromatic heterocycles. The summed E-state index contributed by atoms with van der Waals surface area (Å²) in [4.78, 5) is 24.6. The van der Waals surface area contributed by atoms with Gasteiger partial charge in [-0.3, -0.25) is 9.59 Å². The Labute approximate surface area is 156 Å². The topological polar surface area (TPSA) is 95.1 Å². The summed E-state index contributed by atoms with van der Waals surface area (Å²) in [6, 6.07) is 10.9. The van der Waals surface area contributed by atoms with Gasteiger partial charge in [0.05, 0.1) is 19.6 Å². The third-order valence-corrected chi connectivity index (χ3v) is 4.61. The molecule has 2 amide bonds. The molecule has 1 aliphatic rings. The van der Waals surface area contributed by atoms with Crippen LogP contribution in [0.1, 0.15) is 17.5 Å². The number of fused-ring (bicyclic) bond motifs is 1. The van der Waals surface area contributed by atoms with Gasteiger partial charge in [-0.1, -0.05) is 24.3 Å². The average molecular weight is 372 g/mol. The zero-order valence-electron chi connectivity index (χ0n) is 15.1. The predicted octanol–water partition coefficient (Wildman–Crippen LogP) is 1.06. The van der Waals surface area contributed by atoms with E-state index in [9.17, 15) is 14.0 Å². The smallest absolute Gasteiger partial charge is 0.247 e. The minimum Gasteiger partial charge on any atom is -0.496 e. The number of hydrogen-bond acceptors (Lipinski definition) is 3. The van der Waals surface area contributed by atoms with E-state index in [1.165, 1.54) is 6.07 Å². The first-order valence-electron chi connectivity index (χ1n) is 8.80. The molecule has 2 atom stereocenters. The molecule has 0 spiro atoms. The Bertz CT molecular complexity index is 856. The summed E-state index contributed by atoms with van der Waals surface area (Å²) in [6.45, 7) is 0. The number of methoxy groups -OCH3 is 1. The van der Waals surface area contributed by atoms with Crippen LogP contribution in [0.4, 0.5) is 10.1 Å². The highest BCUT2D eigenvalue weighted by Gasteiger charge is 2.30. The van der Waals surface area contributed by atoms with Gasteiger partial charge in [-0.25, -0.2) is 4.39 Å². The van der Waals surface area contributed by atoms with E-state index in [1.54, 1.807) is 37.4 Å². The lowest BCUT2D eigenvalue weighted by molar-refractivity contribution is -0.418. The van der Waals surface area contributed by atoms with Gasteiger partial charge in [0.2, 0.25) is 11.8 Å². The molecule has 1 heterocycles. The zero-order chi connectivity index (χ0) is 19.4. The SMILES string of the molecule is COc1cccc2c1CC(NC(=O)C[C@H]([NH3+])Cc1ccccc1F)C(=O)N2. The van der Waals surface area contributed by atoms with E-state index in [4.69, 9.17) is 4.74 Å². The van der Waals surface area contributed by atoms with Crippen LogP contribution in [0.3, 0.4) is 0 Å². The fourth-order valence-corrected chi connectivity index (χ4v) is 3.28. The summed E-state index contributed by atoms with van der Waals surface area (Å²) >= 11 is 0. The van der Waals surface area contributed by atoms with Crippen molar-refractivity contribution in [2.45, 2.75) is 31.3 Å². The minimum absolute atomic E-state index is 0.108. The number of rotatable bonds is 6. The maximum atomic E-state index is 13.7. The number of anilines is 1. The number of carbonyl (C=O) groups is 2. The van der Waals surface area contributed by atoms with E-state index in [-0.39, 0.29) is 30.1 Å². The van der Waals surface area contributed by atoms with E-state index in [0.717, 1.165) is 5.56 Å². The Morgan fingerprint density at radius 1 is 1.33 bits per heavy atom. The van der Waals surface area contributed by atoms with Crippen molar-refractivity contribution >= 4 is 17.5 Å². The first kappa shape index (κ1) is 18.8. The fourth-order valence-electron chi connectivity index (χ4n) is 3.28. The molecule has 0 bridgehead atoms. The van der Waals surface area contributed by atoms with Gasteiger partial charge >= 0.3 is 0 Å². The lowest BCUT2D eigenvalue weighted by Crippen LogP contribution is -2.63. The van der Waals surface area contributed by atoms with E-state index in [2.05, 4.69) is 16.4 Å². The summed E-state index contributed by atoms with van der Waals surface area (Å²) < 4.78 is 19.1. The second kappa shape index (κ2) is 8.18. The zero-order valence-corrected chi connectivity index (χ0v) is 15.1. The van der Waals surface area contributed by atoms with E-state index in [0.29, 0.717) is 29.8 Å². The van der Waals surface area contributed by atoms with Crippen molar-refractivity contribution in [3.63, 3.8) is 0 Å². The summed E-state index contributed by atoms with van der Waals surface area (Å²) in [5, 5.41) is 5.54. The van der Waals surface area contributed by atoms with E-state index < -0.39 is 6.04 Å². The molecule has 142 valence electrons. The lowest BCUT2D eigenvalue weighted by Gasteiger charge is -2.26. The van der Waals surface area contributed by atoms with Crippen LogP contribution >= 0.6 is 0 Å². The highest BCUT2D eigenvalue weighted by Crippen LogP contribution is 2.30. The van der Waals surface area contributed by atoms with Crippen molar-refractivity contribution in [3.8, 4) is 5.75 Å². The van der Waals surface area contributed by atoms with Gasteiger partial charge in [-0.15, -0.1) is 0 Å². The predicted molar refractivity (Wildman–Crippen MR) is 98.7 cm³/mol. The Balaban J connectivity index is 1.60. The summed E-state index contributed by atoms with van der Waals surface area (Å²) in [6.07, 6.45) is 0.816. The molecule has 0 saturated carbocycles. The molecule has 0 aliphatic carbocycles. The van der Waals surface area contributed by atoms with Gasteiger partial charge < -0.3 is 21.1 Å². The average Bonchev–Trinajstić information content (AvgIpc) is 2.63. The minimum atomic E-state index is -0.679. The molecule has 1 aliphatic heterocycles. The maximum Gasteiger partial charge on any atom is 0.247 e. The molecule has 3 rings (SSSR count). The number of carbonyl (C=O) groups excluding carboxylic acids is 2. The molecule has 6 nitrogen and oxygen atoms in total. The van der Waals surface area contributed by atoms with Crippen LogP contribution in [-0.4, -0.2) is 31.0 Å². The molecule has 0 radical (unpaired) electrons. The number of hydrogen-bond donors (Lipinski definition) is 3. The van der Waals surface area contributed by atoms with Gasteiger partial charge in [0.15, 0.2) is 0 Å². The molecule has 2 aromatic carbocycles. The maximum absolute atomic E-state index is 13.7. The van der Waals surface area contributed by atoms with E-state index >= 15 is 0 Å². The summed E-state index contributed by atoms with van der Waals surface area (Å²) in [5.74, 6) is -0.188. The number of ether oxygens (including phenoxy) is 1. The van der Waals surface area contributed by atoms with E-state index in [1.807, 2.05) is 6.07 Å². The van der Waals surface area contributed by atoms with Crippen LogP contribution in [0.25, 0.3) is 0 Å². The molecule has 2 aromatic rings. The largest absolute Gasteiger partial charge is 0.496 e. The van der Waals surface area contributed by atoms with Crippen LogP contribution in [0, 0.1) is 5.82 Å². The summed E-state index contributed by atoms with van der Waals surface area (Å²) in [7, 11) is 1.57. The van der Waals surface area contributed by atoms with Gasteiger partial charge in [-0.05, 0) is 23.8 Å². The van der Waals surface area contributed by atoms with Crippen molar-refractivity contribution < 1.29 is 24.5 Å². The second-order valence-corrected chi connectivity index (χ2v) is 6.67. The monoisotopic (exact) mass is 372 g/mol. The van der Waals surface area contributed by atoms with Crippen LogP contribution in [0.15, 0.2) is 42.5 Å². The van der Waals surface area contributed by atoms with Crippen LogP contribution in [0.2, 0.25) is 0 Å². The molecule has 1 unspecified atom stereocenters. The Morgan fingerprint density at radius 2 is 2.11 bits per heavy atom. The van der Waals surface area contributed by atoms with Gasteiger partial charge in [0, 0.05) is 24.1 Å². The number of quaternary nitrogens is 1. The first-order valence-corrected chi connectivity index (χ1v) is 8.80. The second-order valence-electron chi connectivity index (χ2n) is 6.67. The molecular formula is C20H23FN3O3+. The van der Waals surface area contributed by atoms with Crippen LogP contribution in [0.5, 0.6) is 5.75 Å². The highest BCUT2D eigenvalue weighted by molar-refractivity contribution is 6.00. The third-order valence-electron chi connectivity index (χ3n) is 4.61. The van der Waals surface area contributed by atoms with Crippen LogP contribution < -0.4 is 21.1 Å². The quantitative estimate of drug-likeness (QED) is 0.708. The van der Waals surface area contributed by atoms with Gasteiger partial charge in [-0.2, -0.15) is 0 Å². The first-order chi connectivity index (χ1) is 13.0. The molecular weight excluding hydrogens is 349 g/mol. The number of amides is 2. The highest BCUT2D eigenvalue weighted by atomic mass is 19.1. The van der Waals surface area contributed by atoms with Crippen molar-refractivity contribution in [2.75, 3.05) is 12.4 Å². The normalized spacial score (nSPS) is 16.9. The number of nitrogens with one attached hydrogen (secondary N) is 2. The Kier molecular flexibility index (Phi) is 5.71. The standard InChI is InChI=1S/C20H22FN3O3/c1-27-18-8-4-7-16-14(18)11-17(20(26)24-16)23-19(25)10-13(22)9-12-5-2-3-6-15(12)21/h2-8,13,17H,9-11,22H2,1H3,(H,23,25)(H,24,26)/p+1/t13-,17?/m1/s1. The fraction of sp³-hybridized carbons (Fsp3) is 0.300. The van der Waals surface area contributed by atoms with Crippen molar-refractivity contribution in [2.24, 2.45) is 0 Å². The number of benzene rings is 2. The molecule has 5 N–H and O–H groups in total. The Morgan fingerprint density at radius 3 is 2.85 bits per heavy atom. The molecule has 0 saturated heterocycles. The number of halogens is 1. The van der Waals surface area contributed by atoms with Crippen molar-refractivity contribution in [1.82, 2.24) is 5.32 Å². The van der Waals surface area contributed by atoms with Crippen molar-refractivity contribution in [3.05, 3.63) is 59.4 Å². The molecule has 0 fully saturated rings. The molecule has 27 heavy (non-hydrogen) atoms. The third kappa shape index (κ3) is 4.43.